The lowest BCUT2D eigenvalue weighted by molar-refractivity contribution is 1.21. The molecule has 0 atom stereocenters. The molecule has 0 aromatic heterocycles. The Morgan fingerprint density at radius 1 is 1.25 bits per heavy atom. The van der Waals surface area contributed by atoms with Crippen molar-refractivity contribution >= 4 is 0 Å². The van der Waals surface area contributed by atoms with Crippen LogP contribution in [-0.4, -0.2) is 0 Å². The molecule has 0 aliphatic carbocycles. The van der Waals surface area contributed by atoms with Crippen LogP contribution < -0.4 is 0 Å². The summed E-state index contributed by atoms with van der Waals surface area (Å²) in [5, 5.41) is 0. The predicted molar refractivity (Wildman–Crippen MR) is 54.3 cm³/mol. The Bertz CT molecular complexity index is 272. The van der Waals surface area contributed by atoms with E-state index in [0.717, 1.165) is 12.0 Å². The lowest BCUT2D eigenvalue weighted by atomic mass is 9.99. The van der Waals surface area contributed by atoms with E-state index in [0.29, 0.717) is 0 Å². The Morgan fingerprint density at radius 3 is 2.17 bits per heavy atom. The Morgan fingerprint density at radius 2 is 1.75 bits per heavy atom. The second-order valence-electron chi connectivity index (χ2n) is 3.20. The molecular formula is C12H15. The van der Waals surface area contributed by atoms with Gasteiger partial charge in [0.1, 0.15) is 0 Å². The van der Waals surface area contributed by atoms with Crippen LogP contribution in [0.5, 0.6) is 0 Å². The molecule has 0 nitrogen and oxygen atoms in total. The van der Waals surface area contributed by atoms with Crippen molar-refractivity contribution in [1.29, 1.82) is 0 Å². The molecule has 0 saturated carbocycles. The van der Waals surface area contributed by atoms with E-state index in [-0.39, 0.29) is 0 Å². The first kappa shape index (κ1) is 9.05. The van der Waals surface area contributed by atoms with Gasteiger partial charge in [-0.25, -0.2) is 0 Å². The van der Waals surface area contributed by atoms with E-state index in [1.165, 1.54) is 16.7 Å². The van der Waals surface area contributed by atoms with Gasteiger partial charge in [-0.1, -0.05) is 18.2 Å². The van der Waals surface area contributed by atoms with E-state index in [9.17, 15) is 0 Å². The van der Waals surface area contributed by atoms with Gasteiger partial charge in [0, 0.05) is 0 Å². The molecule has 0 heteroatoms. The summed E-state index contributed by atoms with van der Waals surface area (Å²) in [5.74, 6) is 0. The first-order valence-electron chi connectivity index (χ1n) is 4.18. The van der Waals surface area contributed by atoms with Crippen molar-refractivity contribution in [3.8, 4) is 0 Å². The fraction of sp³-hybridized carbons (Fsp3) is 0.250. The number of benzene rings is 1. The van der Waals surface area contributed by atoms with Crippen LogP contribution in [0, 0.1) is 20.8 Å². The van der Waals surface area contributed by atoms with Crippen molar-refractivity contribution in [2.45, 2.75) is 20.3 Å². The molecule has 1 aromatic rings. The summed E-state index contributed by atoms with van der Waals surface area (Å²) < 4.78 is 0. The number of rotatable bonds is 2. The van der Waals surface area contributed by atoms with Crippen molar-refractivity contribution in [3.05, 3.63) is 54.0 Å². The summed E-state index contributed by atoms with van der Waals surface area (Å²) in [5.41, 5.74) is 5.02. The maximum atomic E-state index is 4.00. The Kier molecular flexibility index (Phi) is 2.69. The zero-order valence-electron chi connectivity index (χ0n) is 7.85. The van der Waals surface area contributed by atoms with Gasteiger partial charge in [-0.3, -0.25) is 0 Å². The molecule has 63 valence electrons. The Hall–Kier alpha value is -1.04. The molecule has 0 aliphatic heterocycles. The summed E-state index contributed by atoms with van der Waals surface area (Å²) in [6, 6.07) is 4.36. The lowest BCUT2D eigenvalue weighted by Crippen LogP contribution is -1.90. The maximum Gasteiger partial charge on any atom is -0.00999 e. The Labute approximate surface area is 74.9 Å². The molecule has 0 saturated heterocycles. The summed E-state index contributed by atoms with van der Waals surface area (Å²) in [6.45, 7) is 11.9. The Balaban J connectivity index is 3.11. The van der Waals surface area contributed by atoms with Gasteiger partial charge in [-0.05, 0) is 49.4 Å². The van der Waals surface area contributed by atoms with Gasteiger partial charge in [0.2, 0.25) is 0 Å². The molecule has 1 aromatic carbocycles. The highest BCUT2D eigenvalue weighted by Crippen LogP contribution is 2.15. The van der Waals surface area contributed by atoms with Crippen molar-refractivity contribution in [2.75, 3.05) is 0 Å². The summed E-state index contributed by atoms with van der Waals surface area (Å²) >= 11 is 0. The zero-order valence-corrected chi connectivity index (χ0v) is 7.85. The number of aryl methyl sites for hydroxylation is 2. The third-order valence-corrected chi connectivity index (χ3v) is 2.14. The first-order chi connectivity index (χ1) is 5.65. The molecule has 0 spiro atoms. The van der Waals surface area contributed by atoms with E-state index < -0.39 is 0 Å². The molecule has 0 N–H and O–H groups in total. The van der Waals surface area contributed by atoms with Crippen molar-refractivity contribution in [2.24, 2.45) is 0 Å². The summed E-state index contributed by atoms with van der Waals surface area (Å²) in [4.78, 5) is 0. The van der Waals surface area contributed by atoms with Crippen LogP contribution in [-0.2, 0) is 6.42 Å². The zero-order chi connectivity index (χ0) is 9.14. The van der Waals surface area contributed by atoms with Crippen LogP contribution in [0.2, 0.25) is 0 Å². The second kappa shape index (κ2) is 3.57. The highest BCUT2D eigenvalue weighted by molar-refractivity contribution is 5.40. The minimum atomic E-state index is 0.946. The fourth-order valence-electron chi connectivity index (χ4n) is 1.37. The largest absolute Gasteiger partial charge is 0.103 e. The number of allylic oxidation sites excluding steroid dienone is 1. The molecule has 0 aliphatic rings. The van der Waals surface area contributed by atoms with Crippen LogP contribution in [0.15, 0.2) is 24.8 Å². The summed E-state index contributed by atoms with van der Waals surface area (Å²) in [7, 11) is 0. The van der Waals surface area contributed by atoms with Crippen molar-refractivity contribution in [1.82, 2.24) is 0 Å². The molecule has 0 heterocycles. The van der Waals surface area contributed by atoms with Crippen LogP contribution in [0.3, 0.4) is 0 Å². The average molecular weight is 159 g/mol. The van der Waals surface area contributed by atoms with Gasteiger partial charge in [0.15, 0.2) is 0 Å². The normalized spacial score (nSPS) is 9.92. The topological polar surface area (TPSA) is 0 Å². The van der Waals surface area contributed by atoms with E-state index >= 15 is 0 Å². The van der Waals surface area contributed by atoms with Gasteiger partial charge < -0.3 is 0 Å². The van der Waals surface area contributed by atoms with E-state index in [1.807, 2.05) is 6.08 Å². The molecule has 1 rings (SSSR count). The van der Waals surface area contributed by atoms with E-state index in [2.05, 4.69) is 39.5 Å². The first-order valence-corrected chi connectivity index (χ1v) is 4.18. The summed E-state index contributed by atoms with van der Waals surface area (Å²) in [6.07, 6.45) is 2.87. The number of hydrogen-bond donors (Lipinski definition) is 0. The van der Waals surface area contributed by atoms with E-state index in [4.69, 9.17) is 0 Å². The van der Waals surface area contributed by atoms with Crippen LogP contribution in [0.1, 0.15) is 22.3 Å². The van der Waals surface area contributed by atoms with Crippen LogP contribution >= 0.6 is 0 Å². The van der Waals surface area contributed by atoms with Gasteiger partial charge in [-0.2, -0.15) is 0 Å². The third kappa shape index (κ3) is 1.76. The fourth-order valence-corrected chi connectivity index (χ4v) is 1.37. The molecular weight excluding hydrogens is 144 g/mol. The van der Waals surface area contributed by atoms with Gasteiger partial charge in [-0.15, -0.1) is 6.58 Å². The SMILES string of the molecule is [CH2]c1c(C)cc(CC=C)cc1C. The third-order valence-electron chi connectivity index (χ3n) is 2.14. The molecule has 12 heavy (non-hydrogen) atoms. The highest BCUT2D eigenvalue weighted by atomic mass is 14.0. The van der Waals surface area contributed by atoms with Crippen LogP contribution in [0.25, 0.3) is 0 Å². The van der Waals surface area contributed by atoms with Crippen LogP contribution in [0.4, 0.5) is 0 Å². The van der Waals surface area contributed by atoms with Gasteiger partial charge in [0.05, 0.1) is 0 Å². The molecule has 0 bridgehead atoms. The van der Waals surface area contributed by atoms with Crippen molar-refractivity contribution < 1.29 is 0 Å². The smallest absolute Gasteiger partial charge is 0.00999 e. The quantitative estimate of drug-likeness (QED) is 0.581. The molecule has 0 fully saturated rings. The number of hydrogen-bond acceptors (Lipinski definition) is 0. The monoisotopic (exact) mass is 159 g/mol. The maximum absolute atomic E-state index is 4.00. The minimum Gasteiger partial charge on any atom is -0.103 e. The highest BCUT2D eigenvalue weighted by Gasteiger charge is 1.98. The van der Waals surface area contributed by atoms with Gasteiger partial charge in [0.25, 0.3) is 0 Å². The van der Waals surface area contributed by atoms with Gasteiger partial charge >= 0.3 is 0 Å². The minimum absolute atomic E-state index is 0.946. The predicted octanol–water partition coefficient (Wildman–Crippen LogP) is 3.21. The van der Waals surface area contributed by atoms with E-state index in [1.54, 1.807) is 0 Å². The van der Waals surface area contributed by atoms with Crippen molar-refractivity contribution in [3.63, 3.8) is 0 Å². The second-order valence-corrected chi connectivity index (χ2v) is 3.20. The molecule has 0 amide bonds. The molecule has 0 unspecified atom stereocenters. The average Bonchev–Trinajstić information content (AvgIpc) is 2.01. The standard InChI is InChI=1S/C12H15/c1-5-6-12-7-9(2)11(4)10(3)8-12/h5,7-8H,1,4,6H2,2-3H3. The molecule has 1 radical (unpaired) electrons. The lowest BCUT2D eigenvalue weighted by Gasteiger charge is -2.06.